The molecule has 0 spiro atoms. The van der Waals surface area contributed by atoms with Crippen LogP contribution in [0.2, 0.25) is 0 Å². The van der Waals surface area contributed by atoms with E-state index in [1.807, 2.05) is 29.2 Å². The zero-order valence-corrected chi connectivity index (χ0v) is 16.0. The van der Waals surface area contributed by atoms with Crippen LogP contribution in [-0.2, 0) is 14.6 Å². The molecule has 3 rings (SSSR count). The largest absolute Gasteiger partial charge is 0.484 e. The van der Waals surface area contributed by atoms with Gasteiger partial charge in [-0.25, -0.2) is 8.42 Å². The zero-order valence-electron chi connectivity index (χ0n) is 15.1. The van der Waals surface area contributed by atoms with Crippen LogP contribution in [0.4, 0.5) is 0 Å². The molecule has 0 saturated carbocycles. The molecule has 1 aromatic carbocycles. The van der Waals surface area contributed by atoms with Crippen LogP contribution < -0.4 is 4.74 Å². The summed E-state index contributed by atoms with van der Waals surface area (Å²) in [5.74, 6) is 1.12. The van der Waals surface area contributed by atoms with Gasteiger partial charge in [0.15, 0.2) is 6.61 Å². The molecule has 2 aliphatic heterocycles. The Labute approximate surface area is 150 Å². The predicted octanol–water partition coefficient (Wildman–Crippen LogP) is 2.76. The van der Waals surface area contributed by atoms with Gasteiger partial charge in [-0.3, -0.25) is 4.79 Å². The lowest BCUT2D eigenvalue weighted by molar-refractivity contribution is -0.137. The molecule has 1 aromatic rings. The number of hydrogen-bond acceptors (Lipinski definition) is 4. The van der Waals surface area contributed by atoms with Crippen LogP contribution in [0.3, 0.4) is 0 Å². The third-order valence-corrected chi connectivity index (χ3v) is 7.09. The van der Waals surface area contributed by atoms with Gasteiger partial charge in [-0.15, -0.1) is 0 Å². The highest BCUT2D eigenvalue weighted by molar-refractivity contribution is 7.91. The van der Waals surface area contributed by atoms with E-state index in [1.165, 1.54) is 11.8 Å². The Bertz CT molecular complexity index is 712. The Morgan fingerprint density at radius 3 is 2.20 bits per heavy atom. The Kier molecular flexibility index (Phi) is 5.09. The molecule has 2 unspecified atom stereocenters. The molecule has 1 amide bonds. The summed E-state index contributed by atoms with van der Waals surface area (Å²) < 4.78 is 29.3. The lowest BCUT2D eigenvalue weighted by Crippen LogP contribution is -2.51. The van der Waals surface area contributed by atoms with Crippen LogP contribution >= 0.6 is 0 Å². The van der Waals surface area contributed by atoms with Gasteiger partial charge in [-0.2, -0.15) is 0 Å². The van der Waals surface area contributed by atoms with Crippen molar-refractivity contribution >= 4 is 15.7 Å². The van der Waals surface area contributed by atoms with Gasteiger partial charge in [0.2, 0.25) is 0 Å². The maximum Gasteiger partial charge on any atom is 0.261 e. The van der Waals surface area contributed by atoms with Gasteiger partial charge in [0.05, 0.1) is 5.25 Å². The number of fused-ring (bicyclic) bond motifs is 2. The summed E-state index contributed by atoms with van der Waals surface area (Å²) >= 11 is 0. The summed E-state index contributed by atoms with van der Waals surface area (Å²) in [6.45, 7) is 4.28. The highest BCUT2D eigenvalue weighted by Gasteiger charge is 2.45. The molecule has 0 aromatic heterocycles. The van der Waals surface area contributed by atoms with Gasteiger partial charge in [0, 0.05) is 18.3 Å². The van der Waals surface area contributed by atoms with E-state index in [4.69, 9.17) is 4.74 Å². The maximum atomic E-state index is 12.6. The van der Waals surface area contributed by atoms with E-state index in [2.05, 4.69) is 13.8 Å². The van der Waals surface area contributed by atoms with Crippen LogP contribution in [0.25, 0.3) is 0 Å². The third-order valence-electron chi connectivity index (χ3n) is 5.49. The number of hydrogen-bond donors (Lipinski definition) is 0. The Morgan fingerprint density at radius 1 is 1.16 bits per heavy atom. The van der Waals surface area contributed by atoms with E-state index in [9.17, 15) is 13.2 Å². The van der Waals surface area contributed by atoms with Crippen molar-refractivity contribution in [2.24, 2.45) is 0 Å². The third kappa shape index (κ3) is 4.00. The minimum absolute atomic E-state index is 0.0115. The second-order valence-electron chi connectivity index (χ2n) is 7.62. The summed E-state index contributed by atoms with van der Waals surface area (Å²) in [7, 11) is -3.04. The quantitative estimate of drug-likeness (QED) is 0.805. The first kappa shape index (κ1) is 18.2. The number of amides is 1. The van der Waals surface area contributed by atoms with E-state index in [-0.39, 0.29) is 29.8 Å². The molecule has 0 aliphatic carbocycles. The smallest absolute Gasteiger partial charge is 0.261 e. The van der Waals surface area contributed by atoms with Crippen molar-refractivity contribution < 1.29 is 17.9 Å². The molecule has 0 radical (unpaired) electrons. The molecule has 0 N–H and O–H groups in total. The van der Waals surface area contributed by atoms with Crippen LogP contribution in [0.5, 0.6) is 5.75 Å². The number of carbonyl (C=O) groups excluding carboxylic acids is 1. The molecule has 6 heteroatoms. The molecular weight excluding hydrogens is 338 g/mol. The number of sulfone groups is 1. The lowest BCUT2D eigenvalue weighted by Gasteiger charge is -2.38. The number of nitrogens with zero attached hydrogens (tertiary/aromatic N) is 1. The summed E-state index contributed by atoms with van der Waals surface area (Å²) in [6.07, 6.45) is 4.21. The summed E-state index contributed by atoms with van der Waals surface area (Å²) in [5.41, 5.74) is 1.24. The molecule has 5 nitrogen and oxygen atoms in total. The molecule has 2 heterocycles. The van der Waals surface area contributed by atoms with Crippen LogP contribution in [-0.4, -0.2) is 49.4 Å². The molecule has 2 saturated heterocycles. The van der Waals surface area contributed by atoms with E-state index in [1.54, 1.807) is 0 Å². The molecule has 2 bridgehead atoms. The summed E-state index contributed by atoms with van der Waals surface area (Å²) in [6, 6.07) is 7.91. The van der Waals surface area contributed by atoms with Crippen molar-refractivity contribution in [1.29, 1.82) is 0 Å². The first-order chi connectivity index (χ1) is 11.8. The van der Waals surface area contributed by atoms with Crippen molar-refractivity contribution in [3.8, 4) is 5.75 Å². The van der Waals surface area contributed by atoms with Crippen molar-refractivity contribution in [1.82, 2.24) is 4.90 Å². The predicted molar refractivity (Wildman–Crippen MR) is 97.5 cm³/mol. The Morgan fingerprint density at radius 2 is 1.72 bits per heavy atom. The number of rotatable bonds is 5. The molecule has 25 heavy (non-hydrogen) atoms. The first-order valence-electron chi connectivity index (χ1n) is 8.98. The van der Waals surface area contributed by atoms with E-state index in [0.717, 1.165) is 12.8 Å². The average Bonchev–Trinajstić information content (AvgIpc) is 2.81. The summed E-state index contributed by atoms with van der Waals surface area (Å²) in [4.78, 5) is 14.5. The van der Waals surface area contributed by atoms with Crippen LogP contribution in [0.15, 0.2) is 24.3 Å². The van der Waals surface area contributed by atoms with Crippen molar-refractivity contribution in [2.45, 2.75) is 62.8 Å². The second kappa shape index (κ2) is 6.98. The summed E-state index contributed by atoms with van der Waals surface area (Å²) in [5, 5.41) is -0.307. The molecule has 2 aliphatic rings. The highest BCUT2D eigenvalue weighted by Crippen LogP contribution is 2.38. The lowest BCUT2D eigenvalue weighted by atomic mass is 10.0. The second-order valence-corrected chi connectivity index (χ2v) is 9.95. The van der Waals surface area contributed by atoms with Gasteiger partial charge >= 0.3 is 0 Å². The molecule has 2 atom stereocenters. The highest BCUT2D eigenvalue weighted by atomic mass is 32.2. The van der Waals surface area contributed by atoms with Crippen molar-refractivity contribution in [2.75, 3.05) is 12.9 Å². The molecular formula is C19H27NO4S. The topological polar surface area (TPSA) is 63.7 Å². The van der Waals surface area contributed by atoms with Crippen molar-refractivity contribution in [3.63, 3.8) is 0 Å². The maximum absolute atomic E-state index is 12.6. The van der Waals surface area contributed by atoms with Crippen molar-refractivity contribution in [3.05, 3.63) is 29.8 Å². The fourth-order valence-corrected chi connectivity index (χ4v) is 5.20. The number of piperidine rings is 1. The van der Waals surface area contributed by atoms with Crippen LogP contribution in [0.1, 0.15) is 51.0 Å². The number of carbonyl (C=O) groups is 1. The minimum Gasteiger partial charge on any atom is -0.484 e. The Balaban J connectivity index is 1.59. The number of benzene rings is 1. The zero-order chi connectivity index (χ0) is 18.2. The average molecular weight is 365 g/mol. The van der Waals surface area contributed by atoms with Gasteiger partial charge in [-0.05, 0) is 49.3 Å². The van der Waals surface area contributed by atoms with E-state index < -0.39 is 9.84 Å². The van der Waals surface area contributed by atoms with E-state index >= 15 is 0 Å². The molecule has 2 fully saturated rings. The van der Waals surface area contributed by atoms with Gasteiger partial charge < -0.3 is 9.64 Å². The monoisotopic (exact) mass is 365 g/mol. The van der Waals surface area contributed by atoms with Crippen LogP contribution in [0, 0.1) is 0 Å². The molecule has 138 valence electrons. The number of ether oxygens (including phenoxy) is 1. The minimum atomic E-state index is -3.04. The van der Waals surface area contributed by atoms with E-state index in [0.29, 0.717) is 24.5 Å². The van der Waals surface area contributed by atoms with Gasteiger partial charge in [-0.1, -0.05) is 26.0 Å². The first-order valence-corrected chi connectivity index (χ1v) is 10.9. The standard InChI is InChI=1S/C19H27NO4S/c1-13(2)14-4-8-17(9-5-14)24-12-19(21)20-15-6-7-16(20)11-18(10-15)25(3,22)23/h4-5,8-9,13,15-16,18H,6-7,10-12H2,1-3H3. The van der Waals surface area contributed by atoms with Gasteiger partial charge in [0.1, 0.15) is 15.6 Å². The fourth-order valence-electron chi connectivity index (χ4n) is 4.05. The fraction of sp³-hybridized carbons (Fsp3) is 0.632. The van der Waals surface area contributed by atoms with Gasteiger partial charge in [0.25, 0.3) is 5.91 Å². The normalized spacial score (nSPS) is 26.1. The Hall–Kier alpha value is -1.56. The SMILES string of the molecule is CC(C)c1ccc(OCC(=O)N2C3CCC2CC(S(C)(=O)=O)C3)cc1.